The highest BCUT2D eigenvalue weighted by Crippen LogP contribution is 2.33. The molecule has 1 N–H and O–H groups in total. The summed E-state index contributed by atoms with van der Waals surface area (Å²) in [5.41, 5.74) is 1.21. The molecule has 1 aliphatic carbocycles. The first-order chi connectivity index (χ1) is 9.61. The van der Waals surface area contributed by atoms with Gasteiger partial charge in [0, 0.05) is 22.6 Å². The average molecular weight is 405 g/mol. The molecule has 4 heteroatoms. The van der Waals surface area contributed by atoms with E-state index in [9.17, 15) is 0 Å². The molecule has 2 unspecified atom stereocenters. The van der Waals surface area contributed by atoms with E-state index in [2.05, 4.69) is 50.2 Å². The SMILES string of the molecule is CCOc1c(Br)cc(Br)cc1CNC1CCCCC1C. The van der Waals surface area contributed by atoms with Crippen LogP contribution in [0.4, 0.5) is 0 Å². The predicted molar refractivity (Wildman–Crippen MR) is 91.3 cm³/mol. The van der Waals surface area contributed by atoms with Gasteiger partial charge in [-0.25, -0.2) is 0 Å². The molecule has 0 saturated heterocycles. The Bertz CT molecular complexity index is 450. The molecule has 1 aromatic carbocycles. The van der Waals surface area contributed by atoms with Gasteiger partial charge >= 0.3 is 0 Å². The largest absolute Gasteiger partial charge is 0.492 e. The standard InChI is InChI=1S/C16H23Br2NO/c1-3-20-16-12(8-13(17)9-14(16)18)10-19-15-7-5-4-6-11(15)2/h8-9,11,15,19H,3-7,10H2,1-2H3. The first-order valence-electron chi connectivity index (χ1n) is 7.46. The summed E-state index contributed by atoms with van der Waals surface area (Å²) >= 11 is 7.16. The molecule has 112 valence electrons. The third kappa shape index (κ3) is 4.22. The summed E-state index contributed by atoms with van der Waals surface area (Å²) in [5, 5.41) is 3.72. The van der Waals surface area contributed by atoms with Crippen LogP contribution in [0.1, 0.15) is 45.1 Å². The van der Waals surface area contributed by atoms with E-state index in [0.29, 0.717) is 12.6 Å². The summed E-state index contributed by atoms with van der Waals surface area (Å²) in [7, 11) is 0. The minimum Gasteiger partial charge on any atom is -0.492 e. The molecule has 0 amide bonds. The van der Waals surface area contributed by atoms with Crippen molar-refractivity contribution >= 4 is 31.9 Å². The Balaban J connectivity index is 2.07. The number of benzene rings is 1. The van der Waals surface area contributed by atoms with E-state index in [1.54, 1.807) is 0 Å². The minimum absolute atomic E-state index is 0.635. The van der Waals surface area contributed by atoms with Crippen LogP contribution >= 0.6 is 31.9 Å². The molecule has 0 aromatic heterocycles. The molecule has 0 aliphatic heterocycles. The number of rotatable bonds is 5. The molecule has 20 heavy (non-hydrogen) atoms. The van der Waals surface area contributed by atoms with E-state index < -0.39 is 0 Å². The Morgan fingerprint density at radius 1 is 1.25 bits per heavy atom. The molecule has 2 rings (SSSR count). The molecule has 2 atom stereocenters. The fourth-order valence-corrected chi connectivity index (χ4v) is 4.34. The maximum atomic E-state index is 5.78. The lowest BCUT2D eigenvalue weighted by Crippen LogP contribution is -2.36. The van der Waals surface area contributed by atoms with Gasteiger partial charge < -0.3 is 10.1 Å². The number of halogens is 2. The lowest BCUT2D eigenvalue weighted by atomic mass is 9.86. The Hall–Kier alpha value is -0.0600. The Morgan fingerprint density at radius 2 is 2.00 bits per heavy atom. The lowest BCUT2D eigenvalue weighted by molar-refractivity contribution is 0.276. The normalized spacial score (nSPS) is 22.8. The Labute approximate surface area is 138 Å². The second-order valence-corrected chi connectivity index (χ2v) is 7.33. The molecular weight excluding hydrogens is 382 g/mol. The number of hydrogen-bond donors (Lipinski definition) is 1. The second kappa shape index (κ2) is 7.81. The molecule has 2 nitrogen and oxygen atoms in total. The fraction of sp³-hybridized carbons (Fsp3) is 0.625. The maximum Gasteiger partial charge on any atom is 0.138 e. The summed E-state index contributed by atoms with van der Waals surface area (Å²) in [6.07, 6.45) is 5.37. The van der Waals surface area contributed by atoms with Crippen molar-refractivity contribution < 1.29 is 4.74 Å². The first-order valence-corrected chi connectivity index (χ1v) is 9.04. The molecule has 0 bridgehead atoms. The van der Waals surface area contributed by atoms with Gasteiger partial charge in [-0.3, -0.25) is 0 Å². The second-order valence-electron chi connectivity index (χ2n) is 5.56. The molecule has 0 spiro atoms. The zero-order valence-corrected chi connectivity index (χ0v) is 15.4. The number of ether oxygens (including phenoxy) is 1. The van der Waals surface area contributed by atoms with Gasteiger partial charge in [0.25, 0.3) is 0 Å². The van der Waals surface area contributed by atoms with Crippen molar-refractivity contribution in [3.63, 3.8) is 0 Å². The fourth-order valence-electron chi connectivity index (χ4n) is 2.91. The van der Waals surface area contributed by atoms with Crippen molar-refractivity contribution in [1.29, 1.82) is 0 Å². The van der Waals surface area contributed by atoms with Crippen molar-refractivity contribution in [3.8, 4) is 5.75 Å². The van der Waals surface area contributed by atoms with Gasteiger partial charge in [-0.05, 0) is 53.7 Å². The summed E-state index contributed by atoms with van der Waals surface area (Å²) in [5.74, 6) is 1.74. The van der Waals surface area contributed by atoms with E-state index >= 15 is 0 Å². The first kappa shape index (κ1) is 16.3. The molecule has 1 aliphatic rings. The van der Waals surface area contributed by atoms with Crippen molar-refractivity contribution in [2.45, 2.75) is 52.1 Å². The third-order valence-electron chi connectivity index (χ3n) is 4.04. The smallest absolute Gasteiger partial charge is 0.138 e. The van der Waals surface area contributed by atoms with Gasteiger partial charge in [0.1, 0.15) is 5.75 Å². The van der Waals surface area contributed by atoms with Crippen LogP contribution < -0.4 is 10.1 Å². The van der Waals surface area contributed by atoms with E-state index in [-0.39, 0.29) is 0 Å². The van der Waals surface area contributed by atoms with E-state index in [4.69, 9.17) is 4.74 Å². The van der Waals surface area contributed by atoms with E-state index in [1.807, 2.05) is 13.0 Å². The van der Waals surface area contributed by atoms with E-state index in [0.717, 1.165) is 27.2 Å². The van der Waals surface area contributed by atoms with Crippen LogP contribution in [0.2, 0.25) is 0 Å². The Kier molecular flexibility index (Phi) is 6.37. The topological polar surface area (TPSA) is 21.3 Å². The zero-order chi connectivity index (χ0) is 14.5. The number of nitrogens with one attached hydrogen (secondary N) is 1. The molecule has 1 fully saturated rings. The quantitative estimate of drug-likeness (QED) is 0.720. The van der Waals surface area contributed by atoms with Crippen LogP contribution in [0.3, 0.4) is 0 Å². The molecular formula is C16H23Br2NO. The molecule has 0 heterocycles. The van der Waals surface area contributed by atoms with Crippen molar-refractivity contribution in [1.82, 2.24) is 5.32 Å². The van der Waals surface area contributed by atoms with Gasteiger partial charge in [-0.2, -0.15) is 0 Å². The van der Waals surface area contributed by atoms with Crippen LogP contribution in [0.25, 0.3) is 0 Å². The van der Waals surface area contributed by atoms with Crippen molar-refractivity contribution in [2.24, 2.45) is 5.92 Å². The maximum absolute atomic E-state index is 5.78. The number of hydrogen-bond acceptors (Lipinski definition) is 2. The van der Waals surface area contributed by atoms with Crippen LogP contribution in [0.5, 0.6) is 5.75 Å². The van der Waals surface area contributed by atoms with Crippen LogP contribution in [-0.4, -0.2) is 12.6 Å². The van der Waals surface area contributed by atoms with Crippen molar-refractivity contribution in [3.05, 3.63) is 26.6 Å². The molecule has 1 saturated carbocycles. The highest BCUT2D eigenvalue weighted by atomic mass is 79.9. The molecule has 1 aromatic rings. The van der Waals surface area contributed by atoms with Gasteiger partial charge in [-0.15, -0.1) is 0 Å². The summed E-state index contributed by atoms with van der Waals surface area (Å²) in [6, 6.07) is 4.82. The van der Waals surface area contributed by atoms with Crippen molar-refractivity contribution in [2.75, 3.05) is 6.61 Å². The average Bonchev–Trinajstić information content (AvgIpc) is 2.41. The summed E-state index contributed by atoms with van der Waals surface area (Å²) < 4.78 is 7.88. The highest BCUT2D eigenvalue weighted by molar-refractivity contribution is 9.11. The highest BCUT2D eigenvalue weighted by Gasteiger charge is 2.21. The monoisotopic (exact) mass is 403 g/mol. The van der Waals surface area contributed by atoms with Gasteiger partial charge in [0.05, 0.1) is 11.1 Å². The van der Waals surface area contributed by atoms with Crippen LogP contribution in [-0.2, 0) is 6.54 Å². The summed E-state index contributed by atoms with van der Waals surface area (Å²) in [4.78, 5) is 0. The Morgan fingerprint density at radius 3 is 2.70 bits per heavy atom. The third-order valence-corrected chi connectivity index (χ3v) is 5.09. The van der Waals surface area contributed by atoms with Gasteiger partial charge in [-0.1, -0.05) is 35.7 Å². The predicted octanol–water partition coefficient (Wildman–Crippen LogP) is 5.28. The van der Waals surface area contributed by atoms with Gasteiger partial charge in [0.2, 0.25) is 0 Å². The minimum atomic E-state index is 0.635. The van der Waals surface area contributed by atoms with Crippen LogP contribution in [0, 0.1) is 5.92 Å². The summed E-state index contributed by atoms with van der Waals surface area (Å²) in [6.45, 7) is 5.93. The van der Waals surface area contributed by atoms with Gasteiger partial charge in [0.15, 0.2) is 0 Å². The zero-order valence-electron chi connectivity index (χ0n) is 12.2. The van der Waals surface area contributed by atoms with E-state index in [1.165, 1.54) is 31.2 Å². The lowest BCUT2D eigenvalue weighted by Gasteiger charge is -2.30. The molecule has 0 radical (unpaired) electrons. The van der Waals surface area contributed by atoms with Crippen LogP contribution in [0.15, 0.2) is 21.1 Å².